The van der Waals surface area contributed by atoms with Crippen LogP contribution in [-0.4, -0.2) is 31.2 Å². The minimum absolute atomic E-state index is 0.181. The standard InChI is InChI=1S/C19H18F3N3O4S2/c1-11(17(26)23-13-7-8-15-16(10-13)30-18(27)24(15)2)25(31(3,28)29)14-6-4-5-12(9-14)19(20,21)22/h4-11H,1-3H3,(H,23,26). The Morgan fingerprint density at radius 1 is 1.19 bits per heavy atom. The number of thiazole rings is 1. The Balaban J connectivity index is 1.93. The largest absolute Gasteiger partial charge is 0.416 e. The quantitative estimate of drug-likeness (QED) is 0.615. The first-order valence-corrected chi connectivity index (χ1v) is 11.5. The van der Waals surface area contributed by atoms with Gasteiger partial charge in [0.25, 0.3) is 0 Å². The lowest BCUT2D eigenvalue weighted by atomic mass is 10.1. The monoisotopic (exact) mass is 473 g/mol. The Morgan fingerprint density at radius 2 is 1.87 bits per heavy atom. The van der Waals surface area contributed by atoms with E-state index in [1.165, 1.54) is 17.6 Å². The van der Waals surface area contributed by atoms with Gasteiger partial charge in [-0.2, -0.15) is 13.2 Å². The molecule has 1 N–H and O–H groups in total. The maximum atomic E-state index is 13.1. The molecule has 1 unspecified atom stereocenters. The predicted octanol–water partition coefficient (Wildman–Crippen LogP) is 3.41. The lowest BCUT2D eigenvalue weighted by Gasteiger charge is -2.28. The molecule has 1 amide bonds. The number of carbonyl (C=O) groups is 1. The van der Waals surface area contributed by atoms with Crippen LogP contribution in [0.1, 0.15) is 12.5 Å². The average molecular weight is 473 g/mol. The first-order valence-electron chi connectivity index (χ1n) is 8.86. The molecule has 166 valence electrons. The third-order valence-electron chi connectivity index (χ3n) is 4.58. The van der Waals surface area contributed by atoms with Crippen LogP contribution < -0.4 is 14.5 Å². The lowest BCUT2D eigenvalue weighted by Crippen LogP contribution is -2.45. The summed E-state index contributed by atoms with van der Waals surface area (Å²) in [4.78, 5) is 24.4. The summed E-state index contributed by atoms with van der Waals surface area (Å²) >= 11 is 0.983. The number of anilines is 2. The Kier molecular flexibility index (Phi) is 5.89. The van der Waals surface area contributed by atoms with Gasteiger partial charge in [-0.05, 0) is 43.3 Å². The Hall–Kier alpha value is -2.86. The molecule has 1 atom stereocenters. The van der Waals surface area contributed by atoms with E-state index < -0.39 is 33.7 Å². The Labute approximate surface area is 179 Å². The molecule has 31 heavy (non-hydrogen) atoms. The van der Waals surface area contributed by atoms with Crippen molar-refractivity contribution >= 4 is 48.9 Å². The summed E-state index contributed by atoms with van der Waals surface area (Å²) in [6, 6.07) is 7.17. The number of halogens is 3. The van der Waals surface area contributed by atoms with Crippen LogP contribution >= 0.6 is 11.3 Å². The molecule has 0 aliphatic rings. The molecular weight excluding hydrogens is 455 g/mol. The molecule has 7 nitrogen and oxygen atoms in total. The number of benzene rings is 2. The smallest absolute Gasteiger partial charge is 0.324 e. The highest BCUT2D eigenvalue weighted by Crippen LogP contribution is 2.33. The van der Waals surface area contributed by atoms with Gasteiger partial charge in [0.1, 0.15) is 6.04 Å². The number of alkyl halides is 3. The highest BCUT2D eigenvalue weighted by molar-refractivity contribution is 7.92. The van der Waals surface area contributed by atoms with Crippen LogP contribution in [-0.2, 0) is 28.0 Å². The first-order chi connectivity index (χ1) is 14.3. The van der Waals surface area contributed by atoms with Crippen molar-refractivity contribution in [2.24, 2.45) is 7.05 Å². The summed E-state index contributed by atoms with van der Waals surface area (Å²) in [5, 5.41) is 2.56. The Morgan fingerprint density at radius 3 is 2.48 bits per heavy atom. The van der Waals surface area contributed by atoms with Crippen molar-refractivity contribution in [3.63, 3.8) is 0 Å². The number of carbonyl (C=O) groups excluding carboxylic acids is 1. The highest BCUT2D eigenvalue weighted by atomic mass is 32.2. The second-order valence-corrected chi connectivity index (χ2v) is 9.73. The molecule has 3 aromatic rings. The average Bonchev–Trinajstić information content (AvgIpc) is 2.93. The number of fused-ring (bicyclic) bond motifs is 1. The molecule has 0 saturated carbocycles. The van der Waals surface area contributed by atoms with Gasteiger partial charge in [0.15, 0.2) is 0 Å². The van der Waals surface area contributed by atoms with Crippen LogP contribution in [0.4, 0.5) is 24.5 Å². The lowest BCUT2D eigenvalue weighted by molar-refractivity contribution is -0.137. The molecule has 0 fully saturated rings. The summed E-state index contributed by atoms with van der Waals surface area (Å²) < 4.78 is 66.6. The molecule has 0 radical (unpaired) electrons. The van der Waals surface area contributed by atoms with Gasteiger partial charge in [-0.25, -0.2) is 8.42 Å². The van der Waals surface area contributed by atoms with Crippen LogP contribution in [0.5, 0.6) is 0 Å². The SMILES string of the molecule is CC(C(=O)Nc1ccc2c(c1)sc(=O)n2C)N(c1cccc(C(F)(F)F)c1)S(C)(=O)=O. The van der Waals surface area contributed by atoms with E-state index in [0.717, 1.165) is 29.7 Å². The van der Waals surface area contributed by atoms with Crippen LogP contribution in [0.2, 0.25) is 0 Å². The van der Waals surface area contributed by atoms with Gasteiger partial charge in [-0.15, -0.1) is 0 Å². The number of hydrogen-bond acceptors (Lipinski definition) is 5. The molecule has 0 aliphatic carbocycles. The number of sulfonamides is 1. The molecule has 0 bridgehead atoms. The summed E-state index contributed by atoms with van der Waals surface area (Å²) in [6.07, 6.45) is -3.86. The third kappa shape index (κ3) is 4.74. The zero-order valence-corrected chi connectivity index (χ0v) is 18.2. The molecular formula is C19H18F3N3O4S2. The molecule has 1 aromatic heterocycles. The molecule has 1 heterocycles. The zero-order chi connectivity index (χ0) is 23.1. The van der Waals surface area contributed by atoms with Crippen LogP contribution in [0.3, 0.4) is 0 Å². The van der Waals surface area contributed by atoms with Crippen molar-refractivity contribution in [2.45, 2.75) is 19.1 Å². The van der Waals surface area contributed by atoms with E-state index in [9.17, 15) is 31.2 Å². The predicted molar refractivity (Wildman–Crippen MR) is 114 cm³/mol. The fourth-order valence-corrected chi connectivity index (χ4v) is 5.17. The van der Waals surface area contributed by atoms with E-state index in [1.54, 1.807) is 25.2 Å². The van der Waals surface area contributed by atoms with Gasteiger partial charge in [-0.3, -0.25) is 13.9 Å². The van der Waals surface area contributed by atoms with Crippen molar-refractivity contribution in [1.82, 2.24) is 4.57 Å². The zero-order valence-electron chi connectivity index (χ0n) is 16.6. The number of aromatic nitrogens is 1. The molecule has 0 spiro atoms. The van der Waals surface area contributed by atoms with Crippen LogP contribution in [0.25, 0.3) is 10.2 Å². The second kappa shape index (κ2) is 8.00. The number of amides is 1. The van der Waals surface area contributed by atoms with E-state index in [1.807, 2.05) is 0 Å². The van der Waals surface area contributed by atoms with Gasteiger partial charge in [-0.1, -0.05) is 17.4 Å². The summed E-state index contributed by atoms with van der Waals surface area (Å²) in [6.45, 7) is 1.27. The van der Waals surface area contributed by atoms with Crippen molar-refractivity contribution in [2.75, 3.05) is 15.9 Å². The number of aryl methyl sites for hydroxylation is 1. The molecule has 0 aliphatic heterocycles. The molecule has 2 aromatic carbocycles. The van der Waals surface area contributed by atoms with E-state index in [0.29, 0.717) is 26.3 Å². The molecule has 3 rings (SSSR count). The van der Waals surface area contributed by atoms with Crippen molar-refractivity contribution in [1.29, 1.82) is 0 Å². The summed E-state index contributed by atoms with van der Waals surface area (Å²) in [7, 11) is -2.48. The van der Waals surface area contributed by atoms with Crippen LogP contribution in [0, 0.1) is 0 Å². The molecule has 12 heteroatoms. The minimum Gasteiger partial charge on any atom is -0.324 e. The fraction of sp³-hybridized carbons (Fsp3) is 0.263. The topological polar surface area (TPSA) is 88.5 Å². The van der Waals surface area contributed by atoms with Gasteiger partial charge >= 0.3 is 11.0 Å². The van der Waals surface area contributed by atoms with Gasteiger partial charge < -0.3 is 9.88 Å². The number of nitrogens with one attached hydrogen (secondary N) is 1. The van der Waals surface area contributed by atoms with Crippen molar-refractivity contribution < 1.29 is 26.4 Å². The minimum atomic E-state index is -4.67. The van der Waals surface area contributed by atoms with E-state index in [-0.39, 0.29) is 10.6 Å². The third-order valence-corrected chi connectivity index (χ3v) is 6.81. The van der Waals surface area contributed by atoms with Crippen molar-refractivity contribution in [3.05, 3.63) is 57.7 Å². The Bertz CT molecular complexity index is 1310. The fourth-order valence-electron chi connectivity index (χ4n) is 3.09. The number of nitrogens with zero attached hydrogens (tertiary/aromatic N) is 2. The number of rotatable bonds is 5. The summed E-state index contributed by atoms with van der Waals surface area (Å²) in [5.41, 5.74) is -0.320. The normalized spacial score (nSPS) is 13.2. The maximum absolute atomic E-state index is 13.1. The van der Waals surface area contributed by atoms with Gasteiger partial charge in [0.2, 0.25) is 15.9 Å². The summed E-state index contributed by atoms with van der Waals surface area (Å²) in [5.74, 6) is -0.745. The number of hydrogen-bond donors (Lipinski definition) is 1. The van der Waals surface area contributed by atoms with E-state index in [2.05, 4.69) is 5.32 Å². The maximum Gasteiger partial charge on any atom is 0.416 e. The van der Waals surface area contributed by atoms with E-state index >= 15 is 0 Å². The van der Waals surface area contributed by atoms with Gasteiger partial charge in [0.05, 0.1) is 27.7 Å². The van der Waals surface area contributed by atoms with Crippen LogP contribution in [0.15, 0.2) is 47.3 Å². The second-order valence-electron chi connectivity index (χ2n) is 6.88. The first kappa shape index (κ1) is 22.8. The van der Waals surface area contributed by atoms with Crippen molar-refractivity contribution in [3.8, 4) is 0 Å². The van der Waals surface area contributed by atoms with Gasteiger partial charge in [0, 0.05) is 12.7 Å². The highest BCUT2D eigenvalue weighted by Gasteiger charge is 2.34. The van der Waals surface area contributed by atoms with E-state index in [4.69, 9.17) is 0 Å². The molecule has 0 saturated heterocycles.